The van der Waals surface area contributed by atoms with Crippen molar-refractivity contribution in [2.75, 3.05) is 0 Å². The number of hydrogen-bond donors (Lipinski definition) is 0. The normalized spacial score (nSPS) is 11.2. The van der Waals surface area contributed by atoms with Crippen molar-refractivity contribution in [1.29, 1.82) is 0 Å². The molecule has 0 aromatic carbocycles. The number of fused-ring (bicyclic) bond motifs is 2. The standard InChI is InChI=1S/C18H14N4/c1-11-9-14-15(21-10-11)5-7-20-18(14)17-13-4-3-12(2)22-16(13)6-8-19-17/h3-10H,1-2H3. The van der Waals surface area contributed by atoms with E-state index in [1.807, 2.05) is 38.2 Å². The number of aryl methyl sites for hydroxylation is 2. The van der Waals surface area contributed by atoms with Crippen molar-refractivity contribution < 1.29 is 0 Å². The molecule has 0 atom stereocenters. The van der Waals surface area contributed by atoms with E-state index in [9.17, 15) is 0 Å². The van der Waals surface area contributed by atoms with E-state index in [4.69, 9.17) is 0 Å². The highest BCUT2D eigenvalue weighted by Gasteiger charge is 2.12. The van der Waals surface area contributed by atoms with Gasteiger partial charge in [-0.15, -0.1) is 0 Å². The molecule has 106 valence electrons. The Morgan fingerprint density at radius 2 is 1.45 bits per heavy atom. The largest absolute Gasteiger partial charge is 0.256 e. The van der Waals surface area contributed by atoms with Crippen molar-refractivity contribution in [3.63, 3.8) is 0 Å². The van der Waals surface area contributed by atoms with Gasteiger partial charge in [0.25, 0.3) is 0 Å². The highest BCUT2D eigenvalue weighted by molar-refractivity contribution is 6.00. The third kappa shape index (κ3) is 2.00. The second kappa shape index (κ2) is 4.84. The Morgan fingerprint density at radius 1 is 0.727 bits per heavy atom. The zero-order valence-corrected chi connectivity index (χ0v) is 12.4. The number of aromatic nitrogens is 4. The molecule has 0 fully saturated rings. The summed E-state index contributed by atoms with van der Waals surface area (Å²) in [5.41, 5.74) is 5.66. The minimum Gasteiger partial charge on any atom is -0.256 e. The molecule has 4 aromatic heterocycles. The summed E-state index contributed by atoms with van der Waals surface area (Å²) in [5.74, 6) is 0. The first kappa shape index (κ1) is 12.8. The lowest BCUT2D eigenvalue weighted by atomic mass is 10.1. The minimum absolute atomic E-state index is 0.850. The van der Waals surface area contributed by atoms with Crippen LogP contribution in [0.3, 0.4) is 0 Å². The van der Waals surface area contributed by atoms with Crippen LogP contribution in [0.15, 0.2) is 48.9 Å². The van der Waals surface area contributed by atoms with Crippen molar-refractivity contribution in [3.8, 4) is 11.4 Å². The molecule has 4 aromatic rings. The van der Waals surface area contributed by atoms with E-state index in [1.54, 1.807) is 12.4 Å². The van der Waals surface area contributed by atoms with Gasteiger partial charge < -0.3 is 0 Å². The van der Waals surface area contributed by atoms with E-state index >= 15 is 0 Å². The molecule has 0 amide bonds. The smallest absolute Gasteiger partial charge is 0.0987 e. The summed E-state index contributed by atoms with van der Waals surface area (Å²) in [6.45, 7) is 4.02. The van der Waals surface area contributed by atoms with Gasteiger partial charge in [0.1, 0.15) is 0 Å². The second-order valence-corrected chi connectivity index (χ2v) is 5.42. The fourth-order valence-corrected chi connectivity index (χ4v) is 2.69. The second-order valence-electron chi connectivity index (χ2n) is 5.42. The molecule has 0 unspecified atom stereocenters. The molecule has 4 heteroatoms. The molecule has 0 spiro atoms. The molecule has 0 aliphatic heterocycles. The van der Waals surface area contributed by atoms with Gasteiger partial charge in [0.15, 0.2) is 0 Å². The molecule has 22 heavy (non-hydrogen) atoms. The van der Waals surface area contributed by atoms with Gasteiger partial charge in [0.05, 0.1) is 22.4 Å². The Morgan fingerprint density at radius 3 is 2.27 bits per heavy atom. The van der Waals surface area contributed by atoms with E-state index in [0.717, 1.165) is 44.5 Å². The van der Waals surface area contributed by atoms with Crippen LogP contribution in [0.5, 0.6) is 0 Å². The monoisotopic (exact) mass is 286 g/mol. The summed E-state index contributed by atoms with van der Waals surface area (Å²) < 4.78 is 0. The zero-order valence-electron chi connectivity index (χ0n) is 12.4. The Balaban J connectivity index is 2.09. The van der Waals surface area contributed by atoms with Gasteiger partial charge in [-0.1, -0.05) is 0 Å². The highest BCUT2D eigenvalue weighted by Crippen LogP contribution is 2.29. The fourth-order valence-electron chi connectivity index (χ4n) is 2.69. The third-order valence-electron chi connectivity index (χ3n) is 3.73. The summed E-state index contributed by atoms with van der Waals surface area (Å²) in [4.78, 5) is 18.2. The SMILES string of the molecule is Cc1cnc2ccnc(-c3nccc4nc(C)ccc34)c2c1. The Kier molecular flexibility index (Phi) is 2.82. The van der Waals surface area contributed by atoms with Crippen LogP contribution in [0.2, 0.25) is 0 Å². The molecule has 0 aliphatic rings. The highest BCUT2D eigenvalue weighted by atomic mass is 14.8. The number of rotatable bonds is 1. The average molecular weight is 286 g/mol. The quantitative estimate of drug-likeness (QED) is 0.533. The van der Waals surface area contributed by atoms with Crippen LogP contribution in [0.1, 0.15) is 11.3 Å². The van der Waals surface area contributed by atoms with Gasteiger partial charge >= 0.3 is 0 Å². The zero-order chi connectivity index (χ0) is 15.1. The van der Waals surface area contributed by atoms with Crippen LogP contribution in [-0.4, -0.2) is 19.9 Å². The van der Waals surface area contributed by atoms with Crippen LogP contribution < -0.4 is 0 Å². The van der Waals surface area contributed by atoms with Gasteiger partial charge in [-0.25, -0.2) is 0 Å². The van der Waals surface area contributed by atoms with Crippen LogP contribution in [0.25, 0.3) is 33.2 Å². The molecular formula is C18H14N4. The third-order valence-corrected chi connectivity index (χ3v) is 3.73. The molecule has 0 radical (unpaired) electrons. The first-order chi connectivity index (χ1) is 10.7. The Hall–Kier alpha value is -2.88. The maximum atomic E-state index is 4.58. The molecular weight excluding hydrogens is 272 g/mol. The topological polar surface area (TPSA) is 51.6 Å². The van der Waals surface area contributed by atoms with Crippen LogP contribution >= 0.6 is 0 Å². The maximum Gasteiger partial charge on any atom is 0.0987 e. The van der Waals surface area contributed by atoms with Gasteiger partial charge in [0.2, 0.25) is 0 Å². The van der Waals surface area contributed by atoms with E-state index in [-0.39, 0.29) is 0 Å². The van der Waals surface area contributed by atoms with Crippen molar-refractivity contribution in [3.05, 3.63) is 60.2 Å². The summed E-state index contributed by atoms with van der Waals surface area (Å²) in [6.07, 6.45) is 5.43. The van der Waals surface area contributed by atoms with Gasteiger partial charge in [0, 0.05) is 35.1 Å². The molecule has 0 bridgehead atoms. The minimum atomic E-state index is 0.850. The molecule has 4 heterocycles. The first-order valence-corrected chi connectivity index (χ1v) is 7.16. The molecule has 0 aliphatic carbocycles. The Labute approximate surface area is 127 Å². The predicted octanol–water partition coefficient (Wildman–Crippen LogP) is 3.86. The summed E-state index contributed by atoms with van der Waals surface area (Å²) >= 11 is 0. The molecule has 0 N–H and O–H groups in total. The Bertz CT molecular complexity index is 1010. The molecule has 0 saturated heterocycles. The van der Waals surface area contributed by atoms with Crippen molar-refractivity contribution in [2.24, 2.45) is 0 Å². The molecule has 4 nitrogen and oxygen atoms in total. The summed E-state index contributed by atoms with van der Waals surface area (Å²) in [5, 5.41) is 2.03. The maximum absolute atomic E-state index is 4.58. The first-order valence-electron chi connectivity index (χ1n) is 7.16. The lowest BCUT2D eigenvalue weighted by Crippen LogP contribution is -1.94. The van der Waals surface area contributed by atoms with Gasteiger partial charge in [-0.3, -0.25) is 19.9 Å². The van der Waals surface area contributed by atoms with E-state index < -0.39 is 0 Å². The fraction of sp³-hybridized carbons (Fsp3) is 0.111. The molecule has 0 saturated carbocycles. The van der Waals surface area contributed by atoms with Crippen molar-refractivity contribution >= 4 is 21.8 Å². The van der Waals surface area contributed by atoms with E-state index in [2.05, 4.69) is 32.1 Å². The lowest BCUT2D eigenvalue weighted by Gasteiger charge is -2.08. The number of pyridine rings is 4. The summed E-state index contributed by atoms with van der Waals surface area (Å²) in [6, 6.07) is 10.0. The van der Waals surface area contributed by atoms with Crippen LogP contribution in [0.4, 0.5) is 0 Å². The number of hydrogen-bond acceptors (Lipinski definition) is 4. The van der Waals surface area contributed by atoms with Crippen LogP contribution in [-0.2, 0) is 0 Å². The average Bonchev–Trinajstić information content (AvgIpc) is 2.53. The van der Waals surface area contributed by atoms with E-state index in [1.165, 1.54) is 0 Å². The number of nitrogens with zero attached hydrogens (tertiary/aromatic N) is 4. The molecule has 4 rings (SSSR count). The lowest BCUT2D eigenvalue weighted by molar-refractivity contribution is 1.23. The van der Waals surface area contributed by atoms with Crippen molar-refractivity contribution in [1.82, 2.24) is 19.9 Å². The van der Waals surface area contributed by atoms with Crippen molar-refractivity contribution in [2.45, 2.75) is 13.8 Å². The van der Waals surface area contributed by atoms with Gasteiger partial charge in [-0.2, -0.15) is 0 Å². The predicted molar refractivity (Wildman–Crippen MR) is 87.5 cm³/mol. The van der Waals surface area contributed by atoms with Gasteiger partial charge in [-0.05, 0) is 49.7 Å². The van der Waals surface area contributed by atoms with E-state index in [0.29, 0.717) is 0 Å². The summed E-state index contributed by atoms with van der Waals surface area (Å²) in [7, 11) is 0. The van der Waals surface area contributed by atoms with Crippen LogP contribution in [0, 0.1) is 13.8 Å².